The molecule has 1 aliphatic rings. The second-order valence-electron chi connectivity index (χ2n) is 2.93. The Bertz CT molecular complexity index is 135. The van der Waals surface area contributed by atoms with Gasteiger partial charge >= 0.3 is 5.97 Å². The van der Waals surface area contributed by atoms with Gasteiger partial charge in [-0.25, -0.2) is 0 Å². The van der Waals surface area contributed by atoms with E-state index in [1.807, 2.05) is 0 Å². The summed E-state index contributed by atoms with van der Waals surface area (Å²) in [6, 6.07) is 0.358. The Morgan fingerprint density at radius 3 is 2.83 bits per heavy atom. The van der Waals surface area contributed by atoms with Gasteiger partial charge in [-0.05, 0) is 19.4 Å². The minimum Gasteiger partial charge on any atom is -0.469 e. The van der Waals surface area contributed by atoms with E-state index < -0.39 is 0 Å². The van der Waals surface area contributed by atoms with Crippen molar-refractivity contribution in [2.75, 3.05) is 13.7 Å². The first-order valence-corrected chi connectivity index (χ1v) is 4.13. The van der Waals surface area contributed by atoms with Crippen LogP contribution in [-0.4, -0.2) is 25.7 Å². The maximum Gasteiger partial charge on any atom is 0.307 e. The predicted molar refractivity (Wildman–Crippen MR) is 49.5 cm³/mol. The highest BCUT2D eigenvalue weighted by Gasteiger charge is 2.15. The van der Waals surface area contributed by atoms with Crippen LogP contribution in [-0.2, 0) is 9.53 Å². The standard InChI is InChI=1S/C8H15NO2.ClH/c1-11-8(10)6-7-4-2-3-5-9-7;/h7,9H,2-6H2,1H3;1H. The lowest BCUT2D eigenvalue weighted by Gasteiger charge is -2.21. The van der Waals surface area contributed by atoms with Gasteiger partial charge < -0.3 is 10.1 Å². The molecule has 0 aliphatic carbocycles. The maximum absolute atomic E-state index is 10.8. The van der Waals surface area contributed by atoms with E-state index in [4.69, 9.17) is 0 Å². The highest BCUT2D eigenvalue weighted by atomic mass is 35.5. The van der Waals surface area contributed by atoms with Gasteiger partial charge in [0.25, 0.3) is 0 Å². The Balaban J connectivity index is 0.00000121. The molecule has 0 saturated carbocycles. The van der Waals surface area contributed by atoms with Gasteiger partial charge in [0.2, 0.25) is 0 Å². The minimum absolute atomic E-state index is 0. The first-order chi connectivity index (χ1) is 5.33. The van der Waals surface area contributed by atoms with Crippen molar-refractivity contribution in [1.82, 2.24) is 5.32 Å². The van der Waals surface area contributed by atoms with Crippen molar-refractivity contribution in [3.05, 3.63) is 0 Å². The van der Waals surface area contributed by atoms with Crippen molar-refractivity contribution in [3.8, 4) is 0 Å². The summed E-state index contributed by atoms with van der Waals surface area (Å²) in [6.07, 6.45) is 4.10. The smallest absolute Gasteiger partial charge is 0.307 e. The Hall–Kier alpha value is -0.280. The molecule has 1 aliphatic heterocycles. The topological polar surface area (TPSA) is 38.3 Å². The molecule has 1 saturated heterocycles. The summed E-state index contributed by atoms with van der Waals surface area (Å²) in [7, 11) is 1.44. The van der Waals surface area contributed by atoms with Gasteiger partial charge in [-0.15, -0.1) is 12.4 Å². The summed E-state index contributed by atoms with van der Waals surface area (Å²) < 4.78 is 4.57. The summed E-state index contributed by atoms with van der Waals surface area (Å²) in [5.41, 5.74) is 0. The number of methoxy groups -OCH3 is 1. The van der Waals surface area contributed by atoms with E-state index in [0.29, 0.717) is 12.5 Å². The Kier molecular flexibility index (Phi) is 6.11. The molecule has 12 heavy (non-hydrogen) atoms. The van der Waals surface area contributed by atoms with Crippen LogP contribution >= 0.6 is 12.4 Å². The number of esters is 1. The lowest BCUT2D eigenvalue weighted by Crippen LogP contribution is -2.35. The zero-order chi connectivity index (χ0) is 8.10. The number of halogens is 1. The number of nitrogens with one attached hydrogen (secondary N) is 1. The molecule has 1 N–H and O–H groups in total. The predicted octanol–water partition coefficient (Wildman–Crippen LogP) is 1.11. The average Bonchev–Trinajstić information content (AvgIpc) is 2.06. The zero-order valence-corrected chi connectivity index (χ0v) is 8.15. The molecule has 1 atom stereocenters. The van der Waals surface area contributed by atoms with Gasteiger partial charge in [-0.3, -0.25) is 4.79 Å². The van der Waals surface area contributed by atoms with Gasteiger partial charge in [-0.2, -0.15) is 0 Å². The van der Waals surface area contributed by atoms with Gasteiger partial charge in [0.15, 0.2) is 0 Å². The molecule has 0 spiro atoms. The number of ether oxygens (including phenoxy) is 1. The molecule has 0 radical (unpaired) electrons. The summed E-state index contributed by atoms with van der Waals surface area (Å²) in [5, 5.41) is 3.28. The van der Waals surface area contributed by atoms with Crippen LogP contribution in [0.25, 0.3) is 0 Å². The third-order valence-electron chi connectivity index (χ3n) is 2.05. The third-order valence-corrected chi connectivity index (χ3v) is 2.05. The molecule has 1 fully saturated rings. The normalized spacial score (nSPS) is 22.6. The highest BCUT2D eigenvalue weighted by molar-refractivity contribution is 5.85. The molecule has 1 heterocycles. The second-order valence-corrected chi connectivity index (χ2v) is 2.93. The molecular weight excluding hydrogens is 178 g/mol. The summed E-state index contributed by atoms with van der Waals surface area (Å²) in [5.74, 6) is -0.107. The summed E-state index contributed by atoms with van der Waals surface area (Å²) >= 11 is 0. The van der Waals surface area contributed by atoms with E-state index >= 15 is 0 Å². The van der Waals surface area contributed by atoms with E-state index in [1.165, 1.54) is 20.0 Å². The third kappa shape index (κ3) is 3.93. The zero-order valence-electron chi connectivity index (χ0n) is 7.34. The fourth-order valence-corrected chi connectivity index (χ4v) is 1.38. The Morgan fingerprint density at radius 1 is 1.58 bits per heavy atom. The van der Waals surface area contributed by atoms with E-state index in [1.54, 1.807) is 0 Å². The number of piperidine rings is 1. The van der Waals surface area contributed by atoms with E-state index in [2.05, 4.69) is 10.1 Å². The first kappa shape index (κ1) is 11.7. The number of carbonyl (C=O) groups excluding carboxylic acids is 1. The van der Waals surface area contributed by atoms with E-state index in [-0.39, 0.29) is 18.4 Å². The van der Waals surface area contributed by atoms with E-state index in [0.717, 1.165) is 13.0 Å². The molecule has 4 heteroatoms. The van der Waals surface area contributed by atoms with Crippen LogP contribution in [0.2, 0.25) is 0 Å². The van der Waals surface area contributed by atoms with Crippen molar-refractivity contribution < 1.29 is 9.53 Å². The maximum atomic E-state index is 10.8. The van der Waals surface area contributed by atoms with Crippen molar-refractivity contribution in [2.45, 2.75) is 31.7 Å². The van der Waals surface area contributed by atoms with Gasteiger partial charge in [0.1, 0.15) is 0 Å². The molecule has 72 valence electrons. The van der Waals surface area contributed by atoms with Gasteiger partial charge in [0.05, 0.1) is 13.5 Å². The van der Waals surface area contributed by atoms with E-state index in [9.17, 15) is 4.79 Å². The van der Waals surface area contributed by atoms with Crippen LogP contribution in [0.4, 0.5) is 0 Å². The minimum atomic E-state index is -0.107. The largest absolute Gasteiger partial charge is 0.469 e. The molecule has 1 unspecified atom stereocenters. The molecule has 3 nitrogen and oxygen atoms in total. The van der Waals surface area contributed by atoms with Crippen molar-refractivity contribution >= 4 is 18.4 Å². The fourth-order valence-electron chi connectivity index (χ4n) is 1.38. The van der Waals surface area contributed by atoms with Crippen molar-refractivity contribution in [3.63, 3.8) is 0 Å². The lowest BCUT2D eigenvalue weighted by atomic mass is 10.0. The molecule has 0 aromatic carbocycles. The van der Waals surface area contributed by atoms with Crippen LogP contribution < -0.4 is 5.32 Å². The fraction of sp³-hybridized carbons (Fsp3) is 0.875. The molecule has 0 aromatic heterocycles. The lowest BCUT2D eigenvalue weighted by molar-refractivity contribution is -0.141. The number of hydrogen-bond acceptors (Lipinski definition) is 3. The average molecular weight is 194 g/mol. The molecule has 0 bridgehead atoms. The molecule has 0 amide bonds. The number of rotatable bonds is 2. The van der Waals surface area contributed by atoms with Gasteiger partial charge in [-0.1, -0.05) is 6.42 Å². The quantitative estimate of drug-likeness (QED) is 0.668. The van der Waals surface area contributed by atoms with Crippen molar-refractivity contribution in [1.29, 1.82) is 0 Å². The Morgan fingerprint density at radius 2 is 2.33 bits per heavy atom. The van der Waals surface area contributed by atoms with Crippen molar-refractivity contribution in [2.24, 2.45) is 0 Å². The van der Waals surface area contributed by atoms with Crippen LogP contribution in [0.5, 0.6) is 0 Å². The molecule has 1 rings (SSSR count). The summed E-state index contributed by atoms with van der Waals surface area (Å²) in [6.45, 7) is 1.04. The number of carbonyl (C=O) groups is 1. The van der Waals surface area contributed by atoms with Crippen LogP contribution in [0, 0.1) is 0 Å². The second kappa shape index (κ2) is 6.26. The first-order valence-electron chi connectivity index (χ1n) is 4.13. The Labute approximate surface area is 79.3 Å². The monoisotopic (exact) mass is 193 g/mol. The van der Waals surface area contributed by atoms with Crippen LogP contribution in [0.15, 0.2) is 0 Å². The molecule has 0 aromatic rings. The van der Waals surface area contributed by atoms with Crippen LogP contribution in [0.1, 0.15) is 25.7 Å². The number of hydrogen-bond donors (Lipinski definition) is 1. The molecular formula is C8H16ClNO2. The SMILES string of the molecule is COC(=O)CC1CCCCN1.Cl. The van der Waals surface area contributed by atoms with Crippen LogP contribution in [0.3, 0.4) is 0 Å². The summed E-state index contributed by atoms with van der Waals surface area (Å²) in [4.78, 5) is 10.8. The van der Waals surface area contributed by atoms with Gasteiger partial charge in [0, 0.05) is 6.04 Å². The highest BCUT2D eigenvalue weighted by Crippen LogP contribution is 2.09.